The number of nitrogens with zero attached hydrogens (tertiary/aromatic N) is 3. The fraction of sp³-hybridized carbons (Fsp3) is 0.150. The van der Waals surface area contributed by atoms with Crippen LogP contribution in [-0.4, -0.2) is 21.1 Å². The smallest absolute Gasteiger partial charge is 0.227 e. The molecule has 0 aliphatic carbocycles. The molecule has 0 atom stereocenters. The molecule has 2 aromatic carbocycles. The number of rotatable bonds is 4. The summed E-state index contributed by atoms with van der Waals surface area (Å²) in [5.41, 5.74) is 2.53. The second kappa shape index (κ2) is 6.36. The lowest BCUT2D eigenvalue weighted by molar-refractivity contribution is 0.246. The van der Waals surface area contributed by atoms with Crippen molar-refractivity contribution >= 4 is 33.4 Å². The number of anilines is 2. The van der Waals surface area contributed by atoms with Gasteiger partial charge in [0.15, 0.2) is 5.75 Å². The molecular formula is C20H18N4O. The van der Waals surface area contributed by atoms with E-state index in [0.29, 0.717) is 5.95 Å². The summed E-state index contributed by atoms with van der Waals surface area (Å²) in [5.74, 6) is 1.28. The molecule has 0 aliphatic heterocycles. The zero-order valence-corrected chi connectivity index (χ0v) is 14.1. The molecule has 5 heteroatoms. The Morgan fingerprint density at radius 3 is 2.48 bits per heavy atom. The van der Waals surface area contributed by atoms with Gasteiger partial charge >= 0.3 is 0 Å². The number of hydrogen-bond acceptors (Lipinski definition) is 5. The number of benzene rings is 2. The standard InChI is InChI=1S/C20H18N4O/c1-13(2)25-19-15-8-4-6-10-17(15)21-12-18(19)24-20-22-11-14-7-3-5-9-16(14)23-20/h3-13H,1-2H3,(H,22,23,24). The second-order valence-corrected chi connectivity index (χ2v) is 6.06. The summed E-state index contributed by atoms with van der Waals surface area (Å²) in [6.07, 6.45) is 3.62. The molecule has 0 amide bonds. The molecule has 124 valence electrons. The van der Waals surface area contributed by atoms with E-state index in [1.807, 2.05) is 68.6 Å². The van der Waals surface area contributed by atoms with Gasteiger partial charge in [0.2, 0.25) is 5.95 Å². The molecule has 0 unspecified atom stereocenters. The van der Waals surface area contributed by atoms with Crippen molar-refractivity contribution in [3.63, 3.8) is 0 Å². The topological polar surface area (TPSA) is 59.9 Å². The van der Waals surface area contributed by atoms with Gasteiger partial charge in [-0.2, -0.15) is 0 Å². The van der Waals surface area contributed by atoms with E-state index < -0.39 is 0 Å². The zero-order valence-electron chi connectivity index (χ0n) is 14.1. The van der Waals surface area contributed by atoms with Gasteiger partial charge in [-0.25, -0.2) is 9.97 Å². The van der Waals surface area contributed by atoms with Crippen LogP contribution in [0.3, 0.4) is 0 Å². The highest BCUT2D eigenvalue weighted by Gasteiger charge is 2.13. The van der Waals surface area contributed by atoms with E-state index in [4.69, 9.17) is 4.74 Å². The molecule has 2 aromatic heterocycles. The van der Waals surface area contributed by atoms with Gasteiger partial charge < -0.3 is 10.1 Å². The Balaban J connectivity index is 1.79. The number of pyridine rings is 1. The largest absolute Gasteiger partial charge is 0.488 e. The molecule has 4 rings (SSSR count). The maximum Gasteiger partial charge on any atom is 0.227 e. The number of fused-ring (bicyclic) bond motifs is 2. The molecule has 0 radical (unpaired) electrons. The lowest BCUT2D eigenvalue weighted by Crippen LogP contribution is -2.09. The Morgan fingerprint density at radius 2 is 1.64 bits per heavy atom. The molecule has 0 aliphatic rings. The van der Waals surface area contributed by atoms with Crippen molar-refractivity contribution in [1.82, 2.24) is 15.0 Å². The highest BCUT2D eigenvalue weighted by atomic mass is 16.5. The van der Waals surface area contributed by atoms with Crippen LogP contribution in [0.15, 0.2) is 60.9 Å². The van der Waals surface area contributed by atoms with Crippen LogP contribution in [0.4, 0.5) is 11.6 Å². The van der Waals surface area contributed by atoms with Crippen molar-refractivity contribution in [3.05, 3.63) is 60.9 Å². The molecule has 0 fully saturated rings. The van der Waals surface area contributed by atoms with E-state index in [1.165, 1.54) is 0 Å². The first kappa shape index (κ1) is 15.3. The molecule has 0 saturated heterocycles. The normalized spacial score (nSPS) is 11.2. The Morgan fingerprint density at radius 1 is 0.880 bits per heavy atom. The molecule has 2 heterocycles. The third-order valence-electron chi connectivity index (χ3n) is 3.82. The molecule has 1 N–H and O–H groups in total. The van der Waals surface area contributed by atoms with Gasteiger partial charge in [0.05, 0.1) is 23.3 Å². The van der Waals surface area contributed by atoms with E-state index in [-0.39, 0.29) is 6.10 Å². The fourth-order valence-corrected chi connectivity index (χ4v) is 2.72. The van der Waals surface area contributed by atoms with Gasteiger partial charge in [-0.05, 0) is 32.0 Å². The predicted molar refractivity (Wildman–Crippen MR) is 100 cm³/mol. The number of nitrogens with one attached hydrogen (secondary N) is 1. The molecule has 0 saturated carbocycles. The SMILES string of the molecule is CC(C)Oc1c(Nc2ncc3ccccc3n2)cnc2ccccc12. The highest BCUT2D eigenvalue weighted by molar-refractivity contribution is 5.91. The van der Waals surface area contributed by atoms with Gasteiger partial charge in [0.25, 0.3) is 0 Å². The maximum atomic E-state index is 6.06. The summed E-state index contributed by atoms with van der Waals surface area (Å²) >= 11 is 0. The maximum absolute atomic E-state index is 6.06. The Labute approximate surface area is 145 Å². The lowest BCUT2D eigenvalue weighted by Gasteiger charge is -2.17. The zero-order chi connectivity index (χ0) is 17.2. The second-order valence-electron chi connectivity index (χ2n) is 6.06. The minimum Gasteiger partial charge on any atom is -0.488 e. The molecule has 0 spiro atoms. The number of aromatic nitrogens is 3. The third-order valence-corrected chi connectivity index (χ3v) is 3.82. The quantitative estimate of drug-likeness (QED) is 0.587. The average Bonchev–Trinajstić information content (AvgIpc) is 2.63. The fourth-order valence-electron chi connectivity index (χ4n) is 2.72. The summed E-state index contributed by atoms with van der Waals surface area (Å²) in [5, 5.41) is 5.22. The summed E-state index contributed by atoms with van der Waals surface area (Å²) in [6, 6.07) is 15.8. The van der Waals surface area contributed by atoms with Crippen LogP contribution in [0.2, 0.25) is 0 Å². The summed E-state index contributed by atoms with van der Waals surface area (Å²) in [4.78, 5) is 13.5. The molecular weight excluding hydrogens is 312 g/mol. The van der Waals surface area contributed by atoms with E-state index in [0.717, 1.165) is 33.2 Å². The van der Waals surface area contributed by atoms with Crippen LogP contribution >= 0.6 is 0 Å². The van der Waals surface area contributed by atoms with Crippen molar-refractivity contribution in [2.24, 2.45) is 0 Å². The monoisotopic (exact) mass is 330 g/mol. The first-order valence-electron chi connectivity index (χ1n) is 8.24. The summed E-state index contributed by atoms with van der Waals surface area (Å²) in [6.45, 7) is 4.01. The minimum atomic E-state index is 0.0453. The van der Waals surface area contributed by atoms with Crippen LogP contribution in [-0.2, 0) is 0 Å². The van der Waals surface area contributed by atoms with Crippen LogP contribution in [0, 0.1) is 0 Å². The van der Waals surface area contributed by atoms with Crippen molar-refractivity contribution in [2.75, 3.05) is 5.32 Å². The van der Waals surface area contributed by atoms with Gasteiger partial charge in [-0.3, -0.25) is 4.98 Å². The average molecular weight is 330 g/mol. The predicted octanol–water partition coefficient (Wildman–Crippen LogP) is 4.71. The van der Waals surface area contributed by atoms with E-state index in [1.54, 1.807) is 6.20 Å². The number of hydrogen-bond donors (Lipinski definition) is 1. The summed E-state index contributed by atoms with van der Waals surface area (Å²) in [7, 11) is 0. The van der Waals surface area contributed by atoms with Crippen molar-refractivity contribution in [3.8, 4) is 5.75 Å². The lowest BCUT2D eigenvalue weighted by atomic mass is 10.2. The third kappa shape index (κ3) is 3.08. The Kier molecular flexibility index (Phi) is 3.90. The van der Waals surface area contributed by atoms with Crippen molar-refractivity contribution in [1.29, 1.82) is 0 Å². The number of para-hydroxylation sites is 2. The van der Waals surface area contributed by atoms with Crippen LogP contribution in [0.25, 0.3) is 21.8 Å². The van der Waals surface area contributed by atoms with Gasteiger partial charge in [-0.1, -0.05) is 30.3 Å². The molecule has 0 bridgehead atoms. The van der Waals surface area contributed by atoms with E-state index in [9.17, 15) is 0 Å². The van der Waals surface area contributed by atoms with Crippen LogP contribution in [0.5, 0.6) is 5.75 Å². The van der Waals surface area contributed by atoms with Gasteiger partial charge in [0, 0.05) is 17.0 Å². The van der Waals surface area contributed by atoms with E-state index in [2.05, 4.69) is 20.3 Å². The Bertz CT molecular complexity index is 1050. The van der Waals surface area contributed by atoms with Gasteiger partial charge in [0.1, 0.15) is 5.69 Å². The molecule has 5 nitrogen and oxygen atoms in total. The van der Waals surface area contributed by atoms with Crippen LogP contribution in [0.1, 0.15) is 13.8 Å². The number of ether oxygens (including phenoxy) is 1. The van der Waals surface area contributed by atoms with Crippen LogP contribution < -0.4 is 10.1 Å². The first-order valence-corrected chi connectivity index (χ1v) is 8.24. The van der Waals surface area contributed by atoms with Crippen molar-refractivity contribution < 1.29 is 4.74 Å². The molecule has 25 heavy (non-hydrogen) atoms. The van der Waals surface area contributed by atoms with E-state index >= 15 is 0 Å². The minimum absolute atomic E-state index is 0.0453. The first-order chi connectivity index (χ1) is 12.2. The molecule has 4 aromatic rings. The van der Waals surface area contributed by atoms with Crippen molar-refractivity contribution in [2.45, 2.75) is 20.0 Å². The summed E-state index contributed by atoms with van der Waals surface area (Å²) < 4.78 is 6.06. The Hall–Kier alpha value is -3.21. The highest BCUT2D eigenvalue weighted by Crippen LogP contribution is 2.34. The van der Waals surface area contributed by atoms with Gasteiger partial charge in [-0.15, -0.1) is 0 Å².